The topological polar surface area (TPSA) is 244 Å². The van der Waals surface area contributed by atoms with Crippen molar-refractivity contribution >= 4 is 79.2 Å². The van der Waals surface area contributed by atoms with E-state index < -0.39 is 21.6 Å². The first-order valence-electron chi connectivity index (χ1n) is 10.1. The Morgan fingerprint density at radius 2 is 1.10 bits per heavy atom. The second-order valence-electron chi connectivity index (χ2n) is 7.42. The third kappa shape index (κ3) is 6.54. The summed E-state index contributed by atoms with van der Waals surface area (Å²) in [4.78, 5) is 20.3. The largest absolute Gasteiger partial charge is 2.00 e. The van der Waals surface area contributed by atoms with E-state index in [-0.39, 0.29) is 54.0 Å². The van der Waals surface area contributed by atoms with E-state index in [0.717, 1.165) is 0 Å². The van der Waals surface area contributed by atoms with Gasteiger partial charge < -0.3 is 30.8 Å². The number of nitrogens with two attached hydrogens (primary N) is 2. The predicted octanol–water partition coefficient (Wildman–Crippen LogP) is 2.97. The van der Waals surface area contributed by atoms with Crippen LogP contribution in [-0.4, -0.2) is 29.2 Å². The number of nitro benzene ring substituents is 2. The van der Waals surface area contributed by atoms with Gasteiger partial charge in [0.15, 0.2) is 0 Å². The van der Waals surface area contributed by atoms with Crippen molar-refractivity contribution in [3.8, 4) is 11.8 Å². The van der Waals surface area contributed by atoms with Crippen LogP contribution in [0.3, 0.4) is 0 Å². The molecular weight excluding hydrogens is 735 g/mol. The molecule has 4 aromatic rings. The summed E-state index contributed by atoms with van der Waals surface area (Å²) in [6, 6.07) is 8.09. The summed E-state index contributed by atoms with van der Waals surface area (Å²) in [6.45, 7) is 0. The van der Waals surface area contributed by atoms with Crippen LogP contribution in [0.4, 0.5) is 22.7 Å². The van der Waals surface area contributed by atoms with Crippen LogP contribution in [0.25, 0.3) is 21.8 Å². The molecule has 19 heteroatoms. The number of azo groups is 2. The number of benzene rings is 2. The summed E-state index contributed by atoms with van der Waals surface area (Å²) in [7, 11) is 2.99. The Bertz CT molecular complexity index is 1570. The van der Waals surface area contributed by atoms with E-state index in [0.29, 0.717) is 21.8 Å². The molecule has 0 amide bonds. The number of aryl methyl sites for hydroxylation is 2. The number of hydrogen-bond acceptors (Lipinski definition) is 10. The van der Waals surface area contributed by atoms with Crippen molar-refractivity contribution in [2.24, 2.45) is 46.0 Å². The standard InChI is InChI=1S/2C10H9N5O3S.Pt/c2*1-14-7-4-5(15(17)18)2-3-6(7)8(9(14)16)12-13-10(11)19;/h2*2-4,16H,1H3,(H2,11,19);/q;;+2/p-2. The molecule has 2 heterocycles. The Balaban J connectivity index is 0.000000267. The first-order valence-corrected chi connectivity index (χ1v) is 10.9. The van der Waals surface area contributed by atoms with Crippen molar-refractivity contribution in [2.45, 2.75) is 0 Å². The zero-order valence-corrected chi connectivity index (χ0v) is 23.7. The second kappa shape index (κ2) is 12.4. The minimum absolute atomic E-state index is 0. The number of aromatic nitrogens is 2. The monoisotopic (exact) mass is 751 g/mol. The number of nitrogens with zero attached hydrogens (tertiary/aromatic N) is 8. The summed E-state index contributed by atoms with van der Waals surface area (Å²) < 4.78 is 2.52. The fourth-order valence-electron chi connectivity index (χ4n) is 3.38. The zero-order valence-electron chi connectivity index (χ0n) is 19.8. The van der Waals surface area contributed by atoms with Gasteiger partial charge in [-0.3, -0.25) is 20.2 Å². The van der Waals surface area contributed by atoms with Crippen LogP contribution in [0.15, 0.2) is 56.9 Å². The SMILES string of the molecule is Cn1c([O-])c(N=NC(N)=S)c2ccc([N+](=O)[O-])cc21.Cn1c([O-])c(N=NC(N)=S)c2ccc([N+](=O)[O-])cc21.[Pt+2]. The predicted molar refractivity (Wildman–Crippen MR) is 141 cm³/mol. The van der Waals surface area contributed by atoms with Gasteiger partial charge in [0, 0.05) is 49.1 Å². The first-order chi connectivity index (χ1) is 17.8. The molecule has 39 heavy (non-hydrogen) atoms. The Kier molecular flexibility index (Phi) is 9.81. The number of rotatable bonds is 4. The van der Waals surface area contributed by atoms with Gasteiger partial charge in [-0.05, 0) is 48.3 Å². The van der Waals surface area contributed by atoms with Crippen molar-refractivity contribution in [2.75, 3.05) is 0 Å². The van der Waals surface area contributed by atoms with E-state index in [1.807, 2.05) is 0 Å². The number of fused-ring (bicyclic) bond motifs is 2. The smallest absolute Gasteiger partial charge is 0.858 e. The van der Waals surface area contributed by atoms with E-state index in [1.54, 1.807) is 0 Å². The van der Waals surface area contributed by atoms with E-state index in [4.69, 9.17) is 11.5 Å². The number of hydrogen-bond donors (Lipinski definition) is 2. The molecule has 0 radical (unpaired) electrons. The van der Waals surface area contributed by atoms with Crippen molar-refractivity contribution in [1.29, 1.82) is 0 Å². The molecule has 0 spiro atoms. The normalized spacial score (nSPS) is 10.9. The molecule has 0 atom stereocenters. The van der Waals surface area contributed by atoms with Gasteiger partial charge in [-0.25, -0.2) is 0 Å². The Hall–Kier alpha value is -4.41. The second-order valence-corrected chi connectivity index (χ2v) is 8.26. The van der Waals surface area contributed by atoms with Crippen molar-refractivity contribution < 1.29 is 41.1 Å². The summed E-state index contributed by atoms with van der Waals surface area (Å²) in [6.07, 6.45) is 0. The van der Waals surface area contributed by atoms with Crippen molar-refractivity contribution in [1.82, 2.24) is 9.13 Å². The fraction of sp³-hybridized carbons (Fsp3) is 0.100. The minimum Gasteiger partial charge on any atom is -0.858 e. The number of non-ortho nitro benzene ring substituents is 2. The molecule has 16 nitrogen and oxygen atoms in total. The van der Waals surface area contributed by atoms with Crippen molar-refractivity contribution in [3.63, 3.8) is 0 Å². The molecule has 0 aliphatic carbocycles. The summed E-state index contributed by atoms with van der Waals surface area (Å²) in [5.74, 6) is -0.842. The van der Waals surface area contributed by atoms with E-state index in [2.05, 4.69) is 44.9 Å². The number of nitro groups is 2. The van der Waals surface area contributed by atoms with Gasteiger partial charge in [0.1, 0.15) is 11.4 Å². The zero-order chi connectivity index (χ0) is 28.3. The minimum atomic E-state index is -0.535. The van der Waals surface area contributed by atoms with Crippen LogP contribution in [0.1, 0.15) is 0 Å². The summed E-state index contributed by atoms with van der Waals surface area (Å²) in [5.41, 5.74) is 11.1. The maximum Gasteiger partial charge on any atom is 2.00 e. The van der Waals surface area contributed by atoms with Crippen LogP contribution in [0.2, 0.25) is 0 Å². The van der Waals surface area contributed by atoms with Gasteiger partial charge in [0.05, 0.1) is 20.9 Å². The summed E-state index contributed by atoms with van der Waals surface area (Å²) >= 11 is 9.08. The Morgan fingerprint density at radius 1 is 0.769 bits per heavy atom. The molecule has 0 saturated heterocycles. The number of thiocarbonyl (C=S) groups is 2. The third-order valence-electron chi connectivity index (χ3n) is 5.13. The molecule has 2 aromatic carbocycles. The molecule has 0 aliphatic heterocycles. The molecule has 0 saturated carbocycles. The van der Waals surface area contributed by atoms with Crippen LogP contribution in [-0.2, 0) is 35.2 Å². The first kappa shape index (κ1) is 30.8. The molecule has 4 N–H and O–H groups in total. The molecule has 2 aromatic heterocycles. The fourth-order valence-corrected chi connectivity index (χ4v) is 3.46. The van der Waals surface area contributed by atoms with E-state index in [9.17, 15) is 30.4 Å². The molecule has 0 bridgehead atoms. The molecule has 0 fully saturated rings. The maximum absolute atomic E-state index is 11.9. The van der Waals surface area contributed by atoms with Gasteiger partial charge in [0.2, 0.25) is 10.2 Å². The van der Waals surface area contributed by atoms with Crippen LogP contribution in [0, 0.1) is 20.2 Å². The van der Waals surface area contributed by atoms with Crippen LogP contribution < -0.4 is 21.7 Å². The Morgan fingerprint density at radius 3 is 1.38 bits per heavy atom. The van der Waals surface area contributed by atoms with Gasteiger partial charge >= 0.3 is 21.1 Å². The van der Waals surface area contributed by atoms with Crippen molar-refractivity contribution in [3.05, 3.63) is 56.6 Å². The van der Waals surface area contributed by atoms with E-state index >= 15 is 0 Å². The molecule has 204 valence electrons. The molecule has 0 unspecified atom stereocenters. The maximum atomic E-state index is 11.9. The summed E-state index contributed by atoms with van der Waals surface area (Å²) in [5, 5.41) is 60.1. The third-order valence-corrected chi connectivity index (χ3v) is 5.29. The van der Waals surface area contributed by atoms with E-state index in [1.165, 1.54) is 59.6 Å². The van der Waals surface area contributed by atoms with Crippen LogP contribution in [0.5, 0.6) is 11.8 Å². The van der Waals surface area contributed by atoms with Gasteiger partial charge in [0.25, 0.3) is 11.4 Å². The van der Waals surface area contributed by atoms with Crippen LogP contribution >= 0.6 is 24.4 Å². The van der Waals surface area contributed by atoms with Gasteiger partial charge in [-0.2, -0.15) is 0 Å². The average molecular weight is 752 g/mol. The quantitative estimate of drug-likeness (QED) is 0.134. The molecular formula is C20H16N10O6PtS2. The van der Waals surface area contributed by atoms with Gasteiger partial charge in [-0.15, -0.1) is 20.5 Å². The van der Waals surface area contributed by atoms with Gasteiger partial charge in [-0.1, -0.05) is 0 Å². The molecule has 4 rings (SSSR count). The Labute approximate surface area is 243 Å². The molecule has 0 aliphatic rings. The average Bonchev–Trinajstić information content (AvgIpc) is 3.25.